The second kappa shape index (κ2) is 6.54. The first kappa shape index (κ1) is 14.1. The first-order valence-corrected chi connectivity index (χ1v) is 5.68. The van der Waals surface area contributed by atoms with Crippen LogP contribution in [0.1, 0.15) is 64.6 Å². The van der Waals surface area contributed by atoms with Crippen molar-refractivity contribution in [1.82, 2.24) is 4.98 Å². The van der Waals surface area contributed by atoms with Crippen LogP contribution in [-0.4, -0.2) is 4.98 Å². The van der Waals surface area contributed by atoms with Gasteiger partial charge in [-0.3, -0.25) is 4.98 Å². The van der Waals surface area contributed by atoms with Crippen molar-refractivity contribution in [3.63, 3.8) is 0 Å². The molecule has 0 radical (unpaired) electrons. The van der Waals surface area contributed by atoms with Gasteiger partial charge in [0.25, 0.3) is 0 Å². The van der Waals surface area contributed by atoms with Crippen LogP contribution >= 0.6 is 0 Å². The van der Waals surface area contributed by atoms with Crippen LogP contribution < -0.4 is 0 Å². The fourth-order valence-electron chi connectivity index (χ4n) is 1.32. The van der Waals surface area contributed by atoms with Gasteiger partial charge in [-0.05, 0) is 23.5 Å². The van der Waals surface area contributed by atoms with Crippen molar-refractivity contribution < 1.29 is 4.39 Å². The third-order valence-corrected chi connectivity index (χ3v) is 2.11. The topological polar surface area (TPSA) is 12.9 Å². The lowest BCUT2D eigenvalue weighted by Crippen LogP contribution is -2.02. The summed E-state index contributed by atoms with van der Waals surface area (Å²) in [5.74, 6) is 0.242. The van der Waals surface area contributed by atoms with Gasteiger partial charge in [0.15, 0.2) is 0 Å². The summed E-state index contributed by atoms with van der Waals surface area (Å²) in [5, 5.41) is 0. The number of halogens is 1. The Hall–Kier alpha value is -0.920. The van der Waals surface area contributed by atoms with Gasteiger partial charge in [-0.25, -0.2) is 4.39 Å². The number of nitrogens with zero attached hydrogens (tertiary/aromatic N) is 1. The molecule has 0 aliphatic heterocycles. The van der Waals surface area contributed by atoms with Crippen LogP contribution in [0.15, 0.2) is 12.3 Å². The van der Waals surface area contributed by atoms with E-state index >= 15 is 0 Å². The highest BCUT2D eigenvalue weighted by Crippen LogP contribution is 2.23. The molecule has 1 rings (SSSR count). The van der Waals surface area contributed by atoms with Crippen molar-refractivity contribution in [2.45, 2.75) is 53.4 Å². The molecular formula is C13H22FN. The molecule has 0 unspecified atom stereocenters. The molecule has 1 aromatic heterocycles. The average Bonchev–Trinajstić information content (AvgIpc) is 2.20. The molecule has 0 spiro atoms. The number of hydrogen-bond acceptors (Lipinski definition) is 1. The SMILES string of the molecule is CC.CC(C)c1ccnc(C(C)C)c1F. The van der Waals surface area contributed by atoms with Crippen LogP contribution in [0.2, 0.25) is 0 Å². The first-order valence-electron chi connectivity index (χ1n) is 5.68. The molecule has 86 valence electrons. The highest BCUT2D eigenvalue weighted by atomic mass is 19.1. The molecule has 2 heteroatoms. The summed E-state index contributed by atoms with van der Waals surface area (Å²) < 4.78 is 13.7. The zero-order chi connectivity index (χ0) is 12.0. The monoisotopic (exact) mass is 211 g/mol. The fraction of sp³-hybridized carbons (Fsp3) is 0.615. The smallest absolute Gasteiger partial charge is 0.148 e. The largest absolute Gasteiger partial charge is 0.258 e. The van der Waals surface area contributed by atoms with Gasteiger partial charge in [-0.2, -0.15) is 0 Å². The number of pyridine rings is 1. The van der Waals surface area contributed by atoms with E-state index in [4.69, 9.17) is 0 Å². The highest BCUT2D eigenvalue weighted by molar-refractivity contribution is 5.23. The van der Waals surface area contributed by atoms with Crippen molar-refractivity contribution in [1.29, 1.82) is 0 Å². The van der Waals surface area contributed by atoms with Gasteiger partial charge in [-0.1, -0.05) is 41.5 Å². The Labute approximate surface area is 92.7 Å². The summed E-state index contributed by atoms with van der Waals surface area (Å²) in [4.78, 5) is 4.05. The van der Waals surface area contributed by atoms with Crippen molar-refractivity contribution in [3.8, 4) is 0 Å². The van der Waals surface area contributed by atoms with E-state index in [0.29, 0.717) is 5.69 Å². The third kappa shape index (κ3) is 3.61. The predicted molar refractivity (Wildman–Crippen MR) is 63.7 cm³/mol. The van der Waals surface area contributed by atoms with Gasteiger partial charge in [0.05, 0.1) is 5.69 Å². The number of rotatable bonds is 2. The normalized spacial score (nSPS) is 10.2. The zero-order valence-corrected chi connectivity index (χ0v) is 10.6. The predicted octanol–water partition coefficient (Wildman–Crippen LogP) is 4.49. The molecule has 0 aliphatic rings. The summed E-state index contributed by atoms with van der Waals surface area (Å²) >= 11 is 0. The Morgan fingerprint density at radius 3 is 2.00 bits per heavy atom. The molecule has 15 heavy (non-hydrogen) atoms. The number of hydrogen-bond donors (Lipinski definition) is 0. The molecule has 0 amide bonds. The van der Waals surface area contributed by atoms with E-state index in [-0.39, 0.29) is 17.7 Å². The molecule has 0 aromatic carbocycles. The minimum atomic E-state index is -0.132. The highest BCUT2D eigenvalue weighted by Gasteiger charge is 2.13. The summed E-state index contributed by atoms with van der Waals surface area (Å²) in [6.07, 6.45) is 1.69. The van der Waals surface area contributed by atoms with Crippen molar-refractivity contribution in [3.05, 3.63) is 29.3 Å². The van der Waals surface area contributed by atoms with Crippen LogP contribution in [0.5, 0.6) is 0 Å². The second-order valence-corrected chi connectivity index (χ2v) is 3.91. The van der Waals surface area contributed by atoms with Crippen LogP contribution in [0.3, 0.4) is 0 Å². The Morgan fingerprint density at radius 2 is 1.60 bits per heavy atom. The van der Waals surface area contributed by atoms with Gasteiger partial charge in [0.2, 0.25) is 0 Å². The summed E-state index contributed by atoms with van der Waals surface area (Å²) in [7, 11) is 0. The lowest BCUT2D eigenvalue weighted by atomic mass is 9.99. The summed E-state index contributed by atoms with van der Waals surface area (Å²) in [6.45, 7) is 11.9. The van der Waals surface area contributed by atoms with Crippen LogP contribution in [0, 0.1) is 5.82 Å². The molecule has 0 atom stereocenters. The molecule has 0 N–H and O–H groups in total. The molecule has 1 nitrogen and oxygen atoms in total. The van der Waals surface area contributed by atoms with E-state index in [1.165, 1.54) is 0 Å². The molecule has 0 bridgehead atoms. The van der Waals surface area contributed by atoms with Gasteiger partial charge in [-0.15, -0.1) is 0 Å². The molecule has 1 aromatic rings. The van der Waals surface area contributed by atoms with E-state index in [1.54, 1.807) is 12.3 Å². The molecule has 0 fully saturated rings. The Balaban J connectivity index is 0.000000921. The molecule has 0 saturated carbocycles. The van der Waals surface area contributed by atoms with Crippen LogP contribution in [0.25, 0.3) is 0 Å². The quantitative estimate of drug-likeness (QED) is 0.702. The van der Waals surface area contributed by atoms with Crippen LogP contribution in [0.4, 0.5) is 4.39 Å². The second-order valence-electron chi connectivity index (χ2n) is 3.91. The minimum Gasteiger partial charge on any atom is -0.258 e. The molecule has 1 heterocycles. The Morgan fingerprint density at radius 1 is 1.07 bits per heavy atom. The molecular weight excluding hydrogens is 189 g/mol. The van der Waals surface area contributed by atoms with Gasteiger partial charge < -0.3 is 0 Å². The Kier molecular flexibility index (Phi) is 6.14. The summed E-state index contributed by atoms with van der Waals surface area (Å²) in [6, 6.07) is 1.76. The van der Waals surface area contributed by atoms with Gasteiger partial charge >= 0.3 is 0 Å². The van der Waals surface area contributed by atoms with Crippen molar-refractivity contribution >= 4 is 0 Å². The standard InChI is InChI=1S/C11H16FN.C2H6/c1-7(2)9-5-6-13-11(8(3)4)10(9)12;1-2/h5-8H,1-4H3;1-2H3. The number of aromatic nitrogens is 1. The lowest BCUT2D eigenvalue weighted by Gasteiger charge is -2.11. The maximum absolute atomic E-state index is 13.7. The third-order valence-electron chi connectivity index (χ3n) is 2.11. The maximum atomic E-state index is 13.7. The van der Waals surface area contributed by atoms with E-state index in [9.17, 15) is 4.39 Å². The van der Waals surface area contributed by atoms with Gasteiger partial charge in [0, 0.05) is 6.20 Å². The van der Waals surface area contributed by atoms with E-state index in [1.807, 2.05) is 41.5 Å². The van der Waals surface area contributed by atoms with Crippen molar-refractivity contribution in [2.75, 3.05) is 0 Å². The van der Waals surface area contributed by atoms with E-state index in [2.05, 4.69) is 4.98 Å². The van der Waals surface area contributed by atoms with E-state index in [0.717, 1.165) is 5.56 Å². The fourth-order valence-corrected chi connectivity index (χ4v) is 1.32. The van der Waals surface area contributed by atoms with E-state index < -0.39 is 0 Å². The van der Waals surface area contributed by atoms with Crippen molar-refractivity contribution in [2.24, 2.45) is 0 Å². The maximum Gasteiger partial charge on any atom is 0.148 e. The van der Waals surface area contributed by atoms with Crippen LogP contribution in [-0.2, 0) is 0 Å². The summed E-state index contributed by atoms with van der Waals surface area (Å²) in [5.41, 5.74) is 1.34. The Bertz CT molecular complexity index is 266. The molecule has 0 saturated heterocycles. The lowest BCUT2D eigenvalue weighted by molar-refractivity contribution is 0.560. The first-order chi connectivity index (χ1) is 7.04. The minimum absolute atomic E-state index is 0.132. The zero-order valence-electron chi connectivity index (χ0n) is 10.6. The van der Waals surface area contributed by atoms with Gasteiger partial charge in [0.1, 0.15) is 5.82 Å². The molecule has 0 aliphatic carbocycles. The average molecular weight is 211 g/mol.